The average molecular weight is 435 g/mol. The van der Waals surface area contributed by atoms with Crippen LogP contribution in [0.3, 0.4) is 0 Å². The molecule has 0 aliphatic heterocycles. The number of methoxy groups -OCH3 is 1. The molecule has 0 saturated heterocycles. The molecule has 0 unspecified atom stereocenters. The van der Waals surface area contributed by atoms with Gasteiger partial charge in [-0.1, -0.05) is 42.5 Å². The van der Waals surface area contributed by atoms with Gasteiger partial charge in [-0.05, 0) is 36.6 Å². The fraction of sp³-hybridized carbons (Fsp3) is 0.308. The number of ether oxygens (including phenoxy) is 1. The molecular formula is C26H26FNO4. The molecule has 6 heteroatoms. The smallest absolute Gasteiger partial charge is 0.308 e. The van der Waals surface area contributed by atoms with Gasteiger partial charge in [0.05, 0.1) is 36.9 Å². The number of esters is 1. The van der Waals surface area contributed by atoms with Crippen LogP contribution < -0.4 is 0 Å². The Bertz CT molecular complexity index is 1140. The van der Waals surface area contributed by atoms with Crippen molar-refractivity contribution in [3.05, 3.63) is 71.7 Å². The number of rotatable bonds is 8. The van der Waals surface area contributed by atoms with E-state index in [0.717, 1.165) is 46.1 Å². The molecule has 166 valence electrons. The van der Waals surface area contributed by atoms with Crippen molar-refractivity contribution in [2.24, 2.45) is 0 Å². The summed E-state index contributed by atoms with van der Waals surface area (Å²) < 4.78 is 18.2. The highest BCUT2D eigenvalue weighted by molar-refractivity contribution is 5.99. The Labute approximate surface area is 186 Å². The highest BCUT2D eigenvalue weighted by atomic mass is 19.1. The van der Waals surface area contributed by atoms with Crippen molar-refractivity contribution in [3.8, 4) is 11.1 Å². The number of benzene rings is 2. The fourth-order valence-electron chi connectivity index (χ4n) is 3.93. The Kier molecular flexibility index (Phi) is 6.63. The first-order valence-electron chi connectivity index (χ1n) is 10.8. The van der Waals surface area contributed by atoms with Crippen molar-refractivity contribution in [3.63, 3.8) is 0 Å². The van der Waals surface area contributed by atoms with E-state index < -0.39 is 18.2 Å². The molecular weight excluding hydrogens is 409 g/mol. The van der Waals surface area contributed by atoms with Crippen molar-refractivity contribution < 1.29 is 24.1 Å². The van der Waals surface area contributed by atoms with Crippen LogP contribution in [0, 0.1) is 5.82 Å². The van der Waals surface area contributed by atoms with E-state index in [1.54, 1.807) is 18.2 Å². The van der Waals surface area contributed by atoms with Gasteiger partial charge in [0.1, 0.15) is 5.82 Å². The third-order valence-corrected chi connectivity index (χ3v) is 5.69. The largest absolute Gasteiger partial charge is 0.469 e. The molecule has 1 heterocycles. The van der Waals surface area contributed by atoms with Crippen LogP contribution >= 0.6 is 0 Å². The lowest BCUT2D eigenvalue weighted by Crippen LogP contribution is -2.20. The van der Waals surface area contributed by atoms with Gasteiger partial charge in [0.15, 0.2) is 0 Å². The van der Waals surface area contributed by atoms with Crippen LogP contribution in [0.15, 0.2) is 54.6 Å². The summed E-state index contributed by atoms with van der Waals surface area (Å²) in [5, 5.41) is 21.4. The number of aliphatic hydroxyl groups excluding tert-OH is 2. The van der Waals surface area contributed by atoms with E-state index in [1.807, 2.05) is 30.3 Å². The Balaban J connectivity index is 1.75. The van der Waals surface area contributed by atoms with Crippen molar-refractivity contribution in [2.75, 3.05) is 7.11 Å². The van der Waals surface area contributed by atoms with E-state index in [4.69, 9.17) is 4.98 Å². The molecule has 5 nitrogen and oxygen atoms in total. The lowest BCUT2D eigenvalue weighted by atomic mass is 9.92. The Morgan fingerprint density at radius 3 is 2.59 bits per heavy atom. The Hall–Kier alpha value is -3.09. The summed E-state index contributed by atoms with van der Waals surface area (Å²) in [4.78, 5) is 16.3. The SMILES string of the molecule is COC(=O)C[C@@H](O)C[C@@H](O)/C=C/c1c(C2CC2)nc2ccccc2c1-c1ccc(F)cc1. The average Bonchev–Trinajstić information content (AvgIpc) is 3.62. The first-order chi connectivity index (χ1) is 15.5. The van der Waals surface area contributed by atoms with Gasteiger partial charge in [-0.25, -0.2) is 4.39 Å². The predicted molar refractivity (Wildman–Crippen MR) is 121 cm³/mol. The number of halogens is 1. The second kappa shape index (κ2) is 9.59. The predicted octanol–water partition coefficient (Wildman–Crippen LogP) is 4.61. The molecule has 0 radical (unpaired) electrons. The number of carbonyl (C=O) groups excluding carboxylic acids is 1. The number of aromatic nitrogens is 1. The van der Waals surface area contributed by atoms with E-state index in [9.17, 15) is 19.4 Å². The highest BCUT2D eigenvalue weighted by Crippen LogP contribution is 2.45. The van der Waals surface area contributed by atoms with Gasteiger partial charge >= 0.3 is 5.97 Å². The number of fused-ring (bicyclic) bond motifs is 1. The number of aliphatic hydroxyl groups is 2. The second-order valence-corrected chi connectivity index (χ2v) is 8.18. The molecule has 0 amide bonds. The molecule has 1 aromatic heterocycles. The zero-order valence-corrected chi connectivity index (χ0v) is 17.9. The van der Waals surface area contributed by atoms with Gasteiger partial charge in [0, 0.05) is 28.9 Å². The molecule has 0 spiro atoms. The number of pyridine rings is 1. The van der Waals surface area contributed by atoms with Gasteiger partial charge in [-0.3, -0.25) is 9.78 Å². The molecule has 0 bridgehead atoms. The number of para-hydroxylation sites is 1. The molecule has 1 saturated carbocycles. The number of nitrogens with zero attached hydrogens (tertiary/aromatic N) is 1. The molecule has 2 N–H and O–H groups in total. The number of hydrogen-bond donors (Lipinski definition) is 2. The van der Waals surface area contributed by atoms with Crippen LogP contribution in [-0.4, -0.2) is 40.5 Å². The minimum Gasteiger partial charge on any atom is -0.469 e. The van der Waals surface area contributed by atoms with Gasteiger partial charge in [0.25, 0.3) is 0 Å². The fourth-order valence-corrected chi connectivity index (χ4v) is 3.93. The summed E-state index contributed by atoms with van der Waals surface area (Å²) in [5.41, 5.74) is 4.53. The maximum atomic E-state index is 13.6. The van der Waals surface area contributed by atoms with Gasteiger partial charge in [-0.2, -0.15) is 0 Å². The molecule has 2 aromatic carbocycles. The summed E-state index contributed by atoms with van der Waals surface area (Å²) in [6, 6.07) is 14.2. The highest BCUT2D eigenvalue weighted by Gasteiger charge is 2.29. The van der Waals surface area contributed by atoms with Crippen LogP contribution in [0.1, 0.15) is 42.9 Å². The van der Waals surface area contributed by atoms with E-state index in [1.165, 1.54) is 19.2 Å². The summed E-state index contributed by atoms with van der Waals surface area (Å²) in [7, 11) is 1.26. The van der Waals surface area contributed by atoms with Crippen LogP contribution in [0.25, 0.3) is 28.1 Å². The molecule has 32 heavy (non-hydrogen) atoms. The van der Waals surface area contributed by atoms with Crippen LogP contribution in [0.2, 0.25) is 0 Å². The van der Waals surface area contributed by atoms with Crippen molar-refractivity contribution in [2.45, 2.75) is 43.8 Å². The molecule has 1 aliphatic carbocycles. The summed E-state index contributed by atoms with van der Waals surface area (Å²) in [5.74, 6) is -0.482. The molecule has 1 fully saturated rings. The summed E-state index contributed by atoms with van der Waals surface area (Å²) >= 11 is 0. The monoisotopic (exact) mass is 435 g/mol. The van der Waals surface area contributed by atoms with E-state index in [0.29, 0.717) is 5.92 Å². The lowest BCUT2D eigenvalue weighted by Gasteiger charge is -2.16. The lowest BCUT2D eigenvalue weighted by molar-refractivity contribution is -0.143. The summed E-state index contributed by atoms with van der Waals surface area (Å²) in [6.07, 6.45) is 3.44. The van der Waals surface area contributed by atoms with Gasteiger partial charge < -0.3 is 14.9 Å². The second-order valence-electron chi connectivity index (χ2n) is 8.18. The van der Waals surface area contributed by atoms with E-state index in [-0.39, 0.29) is 18.7 Å². The maximum Gasteiger partial charge on any atom is 0.308 e. The van der Waals surface area contributed by atoms with Crippen LogP contribution in [0.4, 0.5) is 4.39 Å². The maximum absolute atomic E-state index is 13.6. The van der Waals surface area contributed by atoms with E-state index in [2.05, 4.69) is 4.74 Å². The number of carbonyl (C=O) groups is 1. The zero-order valence-electron chi connectivity index (χ0n) is 17.9. The number of hydrogen-bond acceptors (Lipinski definition) is 5. The third kappa shape index (κ3) is 5.03. The topological polar surface area (TPSA) is 79.7 Å². The first kappa shape index (κ1) is 22.1. The van der Waals surface area contributed by atoms with Crippen LogP contribution in [0.5, 0.6) is 0 Å². The van der Waals surface area contributed by atoms with Crippen molar-refractivity contribution in [1.29, 1.82) is 0 Å². The molecule has 4 rings (SSSR count). The van der Waals surface area contributed by atoms with Gasteiger partial charge in [-0.15, -0.1) is 0 Å². The first-order valence-corrected chi connectivity index (χ1v) is 10.8. The molecule has 1 aliphatic rings. The van der Waals surface area contributed by atoms with E-state index >= 15 is 0 Å². The standard InChI is InChI=1S/C26H26FNO4/c1-32-24(31)15-20(30)14-19(29)12-13-22-25(16-8-10-18(27)11-9-16)21-4-2-3-5-23(21)28-26(22)17-6-7-17/h2-5,8-13,17,19-20,29-30H,6-7,14-15H2,1H3/b13-12+/t19-,20-/m0/s1. The Morgan fingerprint density at radius 2 is 1.91 bits per heavy atom. The van der Waals surface area contributed by atoms with Crippen molar-refractivity contribution >= 4 is 22.9 Å². The quantitative estimate of drug-likeness (QED) is 0.505. The van der Waals surface area contributed by atoms with Crippen molar-refractivity contribution in [1.82, 2.24) is 4.98 Å². The normalized spacial score (nSPS) is 15.8. The summed E-state index contributed by atoms with van der Waals surface area (Å²) in [6.45, 7) is 0. The minimum atomic E-state index is -1.00. The molecule has 2 atom stereocenters. The third-order valence-electron chi connectivity index (χ3n) is 5.69. The minimum absolute atomic E-state index is 0.0112. The molecule has 3 aromatic rings. The van der Waals surface area contributed by atoms with Gasteiger partial charge in [0.2, 0.25) is 0 Å². The zero-order chi connectivity index (χ0) is 22.7. The Morgan fingerprint density at radius 1 is 1.19 bits per heavy atom. The van der Waals surface area contributed by atoms with Crippen LogP contribution in [-0.2, 0) is 9.53 Å².